The second kappa shape index (κ2) is 3.98. The van der Waals surface area contributed by atoms with Crippen molar-refractivity contribution < 1.29 is 9.47 Å². The Morgan fingerprint density at radius 3 is 2.86 bits per heavy atom. The van der Waals surface area contributed by atoms with Crippen LogP contribution < -0.4 is 4.74 Å². The second-order valence-electron chi connectivity index (χ2n) is 3.06. The number of ether oxygens (including phenoxy) is 2. The van der Waals surface area contributed by atoms with E-state index in [1.54, 1.807) is 25.6 Å². The lowest BCUT2D eigenvalue weighted by molar-refractivity contribution is 0.186. The molecule has 0 bridgehead atoms. The third kappa shape index (κ3) is 1.61. The molecular formula is C11H12O2S. The average Bonchev–Trinajstić information content (AvgIpc) is 2.61. The number of hydrogen-bond acceptors (Lipinski definition) is 3. The number of hydrogen-bond donors (Lipinski definition) is 0. The van der Waals surface area contributed by atoms with Crippen LogP contribution in [0, 0.1) is 0 Å². The molecule has 3 heteroatoms. The quantitative estimate of drug-likeness (QED) is 0.771. The van der Waals surface area contributed by atoms with Gasteiger partial charge in [0.05, 0.1) is 13.7 Å². The monoisotopic (exact) mass is 208 g/mol. The number of benzene rings is 1. The van der Waals surface area contributed by atoms with E-state index in [4.69, 9.17) is 9.47 Å². The molecule has 74 valence electrons. The van der Waals surface area contributed by atoms with Crippen LogP contribution in [0.2, 0.25) is 0 Å². The summed E-state index contributed by atoms with van der Waals surface area (Å²) < 4.78 is 11.6. The highest BCUT2D eigenvalue weighted by Crippen LogP contribution is 2.29. The lowest BCUT2D eigenvalue weighted by atomic mass is 10.2. The summed E-state index contributed by atoms with van der Waals surface area (Å²) in [7, 11) is 3.40. The normalized spacial score (nSPS) is 10.7. The van der Waals surface area contributed by atoms with Crippen LogP contribution >= 0.6 is 11.3 Å². The molecule has 0 saturated carbocycles. The summed E-state index contributed by atoms with van der Waals surface area (Å²) in [6.45, 7) is 0.660. The maximum absolute atomic E-state index is 5.19. The Labute approximate surface area is 87.1 Å². The molecule has 14 heavy (non-hydrogen) atoms. The minimum atomic E-state index is 0.660. The number of methoxy groups -OCH3 is 2. The Morgan fingerprint density at radius 1 is 1.29 bits per heavy atom. The fourth-order valence-electron chi connectivity index (χ4n) is 1.46. The van der Waals surface area contributed by atoms with E-state index < -0.39 is 0 Å². The minimum Gasteiger partial charge on any atom is -0.497 e. The summed E-state index contributed by atoms with van der Waals surface area (Å²) in [5.74, 6) is 0.897. The van der Waals surface area contributed by atoms with Crippen LogP contribution in [0.25, 0.3) is 10.1 Å². The average molecular weight is 208 g/mol. The van der Waals surface area contributed by atoms with E-state index in [0.717, 1.165) is 5.75 Å². The highest BCUT2D eigenvalue weighted by Gasteiger charge is 2.04. The zero-order valence-corrected chi connectivity index (χ0v) is 9.06. The van der Waals surface area contributed by atoms with E-state index >= 15 is 0 Å². The third-order valence-electron chi connectivity index (χ3n) is 2.16. The molecule has 0 atom stereocenters. The summed E-state index contributed by atoms with van der Waals surface area (Å²) in [4.78, 5) is 0. The summed E-state index contributed by atoms with van der Waals surface area (Å²) in [6.07, 6.45) is 0. The van der Waals surface area contributed by atoms with Gasteiger partial charge in [0, 0.05) is 17.2 Å². The molecule has 0 saturated heterocycles. The van der Waals surface area contributed by atoms with Crippen molar-refractivity contribution in [2.75, 3.05) is 14.2 Å². The van der Waals surface area contributed by atoms with Crippen molar-refractivity contribution in [2.24, 2.45) is 0 Å². The lowest BCUT2D eigenvalue weighted by Gasteiger charge is -2.01. The van der Waals surface area contributed by atoms with E-state index in [1.807, 2.05) is 6.07 Å². The number of fused-ring (bicyclic) bond motifs is 1. The lowest BCUT2D eigenvalue weighted by Crippen LogP contribution is -1.85. The van der Waals surface area contributed by atoms with E-state index in [2.05, 4.69) is 17.5 Å². The molecule has 2 aromatic rings. The number of rotatable bonds is 3. The SMILES string of the molecule is COCc1csc2ccc(OC)cc12. The Bertz CT molecular complexity index is 434. The zero-order chi connectivity index (χ0) is 9.97. The summed E-state index contributed by atoms with van der Waals surface area (Å²) in [5.41, 5.74) is 1.23. The maximum atomic E-state index is 5.19. The molecule has 0 aliphatic heterocycles. The molecule has 0 fully saturated rings. The van der Waals surface area contributed by atoms with Gasteiger partial charge in [0.1, 0.15) is 5.75 Å². The zero-order valence-electron chi connectivity index (χ0n) is 8.24. The van der Waals surface area contributed by atoms with Gasteiger partial charge in [0.2, 0.25) is 0 Å². The predicted molar refractivity (Wildman–Crippen MR) is 59.1 cm³/mol. The number of thiophene rings is 1. The molecule has 1 aromatic heterocycles. The fourth-order valence-corrected chi connectivity index (χ4v) is 2.38. The van der Waals surface area contributed by atoms with Gasteiger partial charge >= 0.3 is 0 Å². The first-order valence-electron chi connectivity index (χ1n) is 4.38. The minimum absolute atomic E-state index is 0.660. The van der Waals surface area contributed by atoms with Crippen molar-refractivity contribution in [2.45, 2.75) is 6.61 Å². The first-order chi connectivity index (χ1) is 6.85. The molecule has 0 unspecified atom stereocenters. The Hall–Kier alpha value is -1.06. The van der Waals surface area contributed by atoms with Crippen LogP contribution in [0.15, 0.2) is 23.6 Å². The molecule has 0 aliphatic carbocycles. The summed E-state index contributed by atoms with van der Waals surface area (Å²) in [6, 6.07) is 6.12. The van der Waals surface area contributed by atoms with E-state index in [-0.39, 0.29) is 0 Å². The molecule has 0 amide bonds. The van der Waals surface area contributed by atoms with E-state index in [0.29, 0.717) is 6.61 Å². The summed E-state index contributed by atoms with van der Waals surface area (Å²) >= 11 is 1.74. The molecule has 2 rings (SSSR count). The standard InChI is InChI=1S/C11H12O2S/c1-12-6-8-7-14-11-4-3-9(13-2)5-10(8)11/h3-5,7H,6H2,1-2H3. The van der Waals surface area contributed by atoms with Crippen molar-refractivity contribution in [1.82, 2.24) is 0 Å². The van der Waals surface area contributed by atoms with Crippen LogP contribution in [0.5, 0.6) is 5.75 Å². The smallest absolute Gasteiger partial charge is 0.119 e. The molecular weight excluding hydrogens is 196 g/mol. The first kappa shape index (κ1) is 9.49. The molecule has 1 aromatic carbocycles. The third-order valence-corrected chi connectivity index (χ3v) is 3.17. The van der Waals surface area contributed by atoms with Gasteiger partial charge in [-0.05, 0) is 29.1 Å². The highest BCUT2D eigenvalue weighted by atomic mass is 32.1. The van der Waals surface area contributed by atoms with Gasteiger partial charge in [-0.15, -0.1) is 11.3 Å². The van der Waals surface area contributed by atoms with Gasteiger partial charge in [0.15, 0.2) is 0 Å². The molecule has 0 N–H and O–H groups in total. The van der Waals surface area contributed by atoms with Crippen LogP contribution in [0.3, 0.4) is 0 Å². The van der Waals surface area contributed by atoms with Crippen molar-refractivity contribution >= 4 is 21.4 Å². The maximum Gasteiger partial charge on any atom is 0.119 e. The Balaban J connectivity index is 2.52. The predicted octanol–water partition coefficient (Wildman–Crippen LogP) is 3.06. The molecule has 0 radical (unpaired) electrons. The largest absolute Gasteiger partial charge is 0.497 e. The van der Waals surface area contributed by atoms with Crippen LogP contribution in [-0.4, -0.2) is 14.2 Å². The van der Waals surface area contributed by atoms with Crippen LogP contribution in [-0.2, 0) is 11.3 Å². The van der Waals surface area contributed by atoms with Gasteiger partial charge in [-0.3, -0.25) is 0 Å². The van der Waals surface area contributed by atoms with Crippen molar-refractivity contribution in [3.05, 3.63) is 29.1 Å². The van der Waals surface area contributed by atoms with Gasteiger partial charge < -0.3 is 9.47 Å². The summed E-state index contributed by atoms with van der Waals surface area (Å²) in [5, 5.41) is 3.37. The molecule has 0 spiro atoms. The van der Waals surface area contributed by atoms with Crippen molar-refractivity contribution in [1.29, 1.82) is 0 Å². The first-order valence-corrected chi connectivity index (χ1v) is 5.26. The van der Waals surface area contributed by atoms with Gasteiger partial charge in [0.25, 0.3) is 0 Å². The second-order valence-corrected chi connectivity index (χ2v) is 3.97. The van der Waals surface area contributed by atoms with Gasteiger partial charge in [-0.25, -0.2) is 0 Å². The molecule has 1 heterocycles. The highest BCUT2D eigenvalue weighted by molar-refractivity contribution is 7.17. The Morgan fingerprint density at radius 2 is 2.14 bits per heavy atom. The van der Waals surface area contributed by atoms with Gasteiger partial charge in [-0.1, -0.05) is 0 Å². The molecule has 2 nitrogen and oxygen atoms in total. The van der Waals surface area contributed by atoms with Gasteiger partial charge in [-0.2, -0.15) is 0 Å². The van der Waals surface area contributed by atoms with Crippen LogP contribution in [0.1, 0.15) is 5.56 Å². The molecule has 0 aliphatic rings. The van der Waals surface area contributed by atoms with Crippen LogP contribution in [0.4, 0.5) is 0 Å². The van der Waals surface area contributed by atoms with Crippen molar-refractivity contribution in [3.63, 3.8) is 0 Å². The fraction of sp³-hybridized carbons (Fsp3) is 0.273. The van der Waals surface area contributed by atoms with E-state index in [9.17, 15) is 0 Å². The Kier molecular flexibility index (Phi) is 2.70. The van der Waals surface area contributed by atoms with Crippen molar-refractivity contribution in [3.8, 4) is 5.75 Å². The van der Waals surface area contributed by atoms with E-state index in [1.165, 1.54) is 15.6 Å². The topological polar surface area (TPSA) is 18.5 Å².